The van der Waals surface area contributed by atoms with Gasteiger partial charge in [-0.2, -0.15) is 0 Å². The zero-order valence-corrected chi connectivity index (χ0v) is 16.1. The number of nitrogens with one attached hydrogen (secondary N) is 1. The zero-order chi connectivity index (χ0) is 18.7. The summed E-state index contributed by atoms with van der Waals surface area (Å²) in [5, 5.41) is 13.6. The highest BCUT2D eigenvalue weighted by Crippen LogP contribution is 2.37. The highest BCUT2D eigenvalue weighted by molar-refractivity contribution is 5.68. The van der Waals surface area contributed by atoms with Gasteiger partial charge in [0.15, 0.2) is 0 Å². The summed E-state index contributed by atoms with van der Waals surface area (Å²) < 4.78 is 5.38. The van der Waals surface area contributed by atoms with E-state index in [2.05, 4.69) is 34.5 Å². The second kappa shape index (κ2) is 7.97. The number of nitrogens with zero attached hydrogens (tertiary/aromatic N) is 1. The average Bonchev–Trinajstić information content (AvgIpc) is 2.96. The maximum absolute atomic E-state index is 12.1. The second-order valence-electron chi connectivity index (χ2n) is 8.69. The van der Waals surface area contributed by atoms with Gasteiger partial charge in [0.1, 0.15) is 5.60 Å². The van der Waals surface area contributed by atoms with Gasteiger partial charge in [-0.1, -0.05) is 30.3 Å². The number of hydrogen-bond donors (Lipinski definition) is 2. The summed E-state index contributed by atoms with van der Waals surface area (Å²) in [5.74, 6) is 0.412. The SMILES string of the molecule is CC(C)(C)OC(=O)NC1CCCN(C2CC(c3ccccc3)CC2O)C1. The van der Waals surface area contributed by atoms with Crippen LogP contribution < -0.4 is 5.32 Å². The molecule has 1 aromatic rings. The monoisotopic (exact) mass is 360 g/mol. The molecular weight excluding hydrogens is 328 g/mol. The van der Waals surface area contributed by atoms with Crippen molar-refractivity contribution in [1.29, 1.82) is 0 Å². The summed E-state index contributed by atoms with van der Waals surface area (Å²) in [5.41, 5.74) is 0.831. The van der Waals surface area contributed by atoms with Crippen molar-refractivity contribution >= 4 is 6.09 Å². The number of carbonyl (C=O) groups excluding carboxylic acids is 1. The Morgan fingerprint density at radius 1 is 1.23 bits per heavy atom. The molecule has 0 aromatic heterocycles. The van der Waals surface area contributed by atoms with Crippen molar-refractivity contribution in [2.24, 2.45) is 0 Å². The number of rotatable bonds is 3. The largest absolute Gasteiger partial charge is 0.444 e. The molecule has 26 heavy (non-hydrogen) atoms. The van der Waals surface area contributed by atoms with E-state index in [1.165, 1.54) is 5.56 Å². The third kappa shape index (κ3) is 4.98. The van der Waals surface area contributed by atoms with Gasteiger partial charge in [-0.15, -0.1) is 0 Å². The van der Waals surface area contributed by atoms with E-state index >= 15 is 0 Å². The Labute approximate surface area is 156 Å². The van der Waals surface area contributed by atoms with E-state index in [0.717, 1.165) is 38.8 Å². The van der Waals surface area contributed by atoms with Gasteiger partial charge in [0.2, 0.25) is 0 Å². The van der Waals surface area contributed by atoms with E-state index in [0.29, 0.717) is 5.92 Å². The van der Waals surface area contributed by atoms with Gasteiger partial charge in [-0.3, -0.25) is 4.90 Å². The molecule has 5 nitrogen and oxygen atoms in total. The molecule has 3 rings (SSSR count). The average molecular weight is 360 g/mol. The first kappa shape index (κ1) is 19.2. The molecule has 1 aromatic carbocycles. The number of benzene rings is 1. The number of hydrogen-bond acceptors (Lipinski definition) is 4. The minimum Gasteiger partial charge on any atom is -0.444 e. The molecule has 2 N–H and O–H groups in total. The van der Waals surface area contributed by atoms with Crippen LogP contribution in [0.15, 0.2) is 30.3 Å². The number of aliphatic hydroxyl groups is 1. The molecule has 1 saturated carbocycles. The van der Waals surface area contributed by atoms with Gasteiger partial charge in [0, 0.05) is 18.6 Å². The quantitative estimate of drug-likeness (QED) is 0.868. The minimum absolute atomic E-state index is 0.0848. The van der Waals surface area contributed by atoms with Crippen LogP contribution in [0, 0.1) is 0 Å². The fraction of sp³-hybridized carbons (Fsp3) is 0.667. The molecule has 0 radical (unpaired) electrons. The van der Waals surface area contributed by atoms with Crippen molar-refractivity contribution in [1.82, 2.24) is 10.2 Å². The van der Waals surface area contributed by atoms with Crippen LogP contribution in [0.1, 0.15) is 57.9 Å². The topological polar surface area (TPSA) is 61.8 Å². The summed E-state index contributed by atoms with van der Waals surface area (Å²) in [7, 11) is 0. The van der Waals surface area contributed by atoms with E-state index in [-0.39, 0.29) is 24.3 Å². The fourth-order valence-corrected chi connectivity index (χ4v) is 4.28. The number of likely N-dealkylation sites (tertiary alicyclic amines) is 1. The van der Waals surface area contributed by atoms with Crippen molar-refractivity contribution in [3.8, 4) is 0 Å². The molecule has 2 fully saturated rings. The Morgan fingerprint density at radius 2 is 1.96 bits per heavy atom. The van der Waals surface area contributed by atoms with E-state index in [9.17, 15) is 9.90 Å². The number of ether oxygens (including phenoxy) is 1. The molecule has 1 amide bonds. The van der Waals surface area contributed by atoms with Gasteiger partial charge < -0.3 is 15.2 Å². The Bertz CT molecular complexity index is 599. The predicted octanol–water partition coefficient (Wildman–Crippen LogP) is 3.28. The molecule has 4 unspecified atom stereocenters. The predicted molar refractivity (Wildman–Crippen MR) is 102 cm³/mol. The van der Waals surface area contributed by atoms with E-state index < -0.39 is 5.60 Å². The lowest BCUT2D eigenvalue weighted by molar-refractivity contribution is 0.0348. The molecule has 1 saturated heterocycles. The van der Waals surface area contributed by atoms with Gasteiger partial charge in [-0.05, 0) is 64.5 Å². The number of carbonyl (C=O) groups is 1. The summed E-state index contributed by atoms with van der Waals surface area (Å²) in [6.45, 7) is 7.38. The molecule has 1 aliphatic carbocycles. The zero-order valence-electron chi connectivity index (χ0n) is 16.1. The Hall–Kier alpha value is -1.59. The van der Waals surface area contributed by atoms with Gasteiger partial charge >= 0.3 is 6.09 Å². The third-order valence-corrected chi connectivity index (χ3v) is 5.41. The molecule has 1 aliphatic heterocycles. The highest BCUT2D eigenvalue weighted by atomic mass is 16.6. The molecule has 5 heteroatoms. The van der Waals surface area contributed by atoms with E-state index in [1.807, 2.05) is 26.8 Å². The smallest absolute Gasteiger partial charge is 0.407 e. The Balaban J connectivity index is 1.56. The van der Waals surface area contributed by atoms with Gasteiger partial charge in [-0.25, -0.2) is 4.79 Å². The number of alkyl carbamates (subject to hydrolysis) is 1. The van der Waals surface area contributed by atoms with Gasteiger partial charge in [0.25, 0.3) is 0 Å². The molecule has 0 bridgehead atoms. The van der Waals surface area contributed by atoms with Crippen LogP contribution in [0.5, 0.6) is 0 Å². The number of amides is 1. The Kier molecular flexibility index (Phi) is 5.88. The van der Waals surface area contributed by atoms with Crippen LogP contribution in [-0.2, 0) is 4.74 Å². The first-order chi connectivity index (χ1) is 12.3. The van der Waals surface area contributed by atoms with Crippen molar-refractivity contribution < 1.29 is 14.6 Å². The third-order valence-electron chi connectivity index (χ3n) is 5.41. The molecular formula is C21H32N2O3. The highest BCUT2D eigenvalue weighted by Gasteiger charge is 2.39. The molecule has 4 atom stereocenters. The molecule has 2 aliphatic rings. The normalized spacial score (nSPS) is 30.2. The lowest BCUT2D eigenvalue weighted by Crippen LogP contribution is -2.53. The summed E-state index contributed by atoms with van der Waals surface area (Å²) in [6.07, 6.45) is 3.12. The van der Waals surface area contributed by atoms with Crippen molar-refractivity contribution in [2.45, 2.75) is 76.2 Å². The van der Waals surface area contributed by atoms with Crippen molar-refractivity contribution in [2.75, 3.05) is 13.1 Å². The van der Waals surface area contributed by atoms with Crippen LogP contribution >= 0.6 is 0 Å². The Morgan fingerprint density at radius 3 is 2.65 bits per heavy atom. The van der Waals surface area contributed by atoms with Crippen LogP contribution in [0.2, 0.25) is 0 Å². The lowest BCUT2D eigenvalue weighted by Gasteiger charge is -2.38. The van der Waals surface area contributed by atoms with Crippen LogP contribution in [0.4, 0.5) is 4.79 Å². The van der Waals surface area contributed by atoms with Crippen LogP contribution in [0.25, 0.3) is 0 Å². The maximum atomic E-state index is 12.1. The van der Waals surface area contributed by atoms with Crippen LogP contribution in [0.3, 0.4) is 0 Å². The summed E-state index contributed by atoms with van der Waals surface area (Å²) >= 11 is 0. The summed E-state index contributed by atoms with van der Waals surface area (Å²) in [4.78, 5) is 14.4. The van der Waals surface area contributed by atoms with Crippen LogP contribution in [-0.4, -0.2) is 53.0 Å². The van der Waals surface area contributed by atoms with E-state index in [4.69, 9.17) is 4.74 Å². The maximum Gasteiger partial charge on any atom is 0.407 e. The number of piperidine rings is 1. The molecule has 1 heterocycles. The molecule has 0 spiro atoms. The van der Waals surface area contributed by atoms with E-state index in [1.54, 1.807) is 0 Å². The summed E-state index contributed by atoms with van der Waals surface area (Å²) in [6, 6.07) is 10.7. The molecule has 144 valence electrons. The fourth-order valence-electron chi connectivity index (χ4n) is 4.28. The lowest BCUT2D eigenvalue weighted by atomic mass is 9.97. The van der Waals surface area contributed by atoms with Crippen molar-refractivity contribution in [3.05, 3.63) is 35.9 Å². The second-order valence-corrected chi connectivity index (χ2v) is 8.69. The minimum atomic E-state index is -0.483. The first-order valence-electron chi connectivity index (χ1n) is 9.78. The number of aliphatic hydroxyl groups excluding tert-OH is 1. The first-order valence-corrected chi connectivity index (χ1v) is 9.78. The van der Waals surface area contributed by atoms with Crippen molar-refractivity contribution in [3.63, 3.8) is 0 Å². The standard InChI is InChI=1S/C21H32N2O3/c1-21(2,3)26-20(25)22-17-10-7-11-23(14-17)18-12-16(13-19(18)24)15-8-5-4-6-9-15/h4-6,8-9,16-19,24H,7,10-14H2,1-3H3,(H,22,25). The van der Waals surface area contributed by atoms with Gasteiger partial charge in [0.05, 0.1) is 6.10 Å².